The predicted octanol–water partition coefficient (Wildman–Crippen LogP) is 3.90. The van der Waals surface area contributed by atoms with Gasteiger partial charge in [-0.1, -0.05) is 17.4 Å². The second kappa shape index (κ2) is 6.56. The zero-order chi connectivity index (χ0) is 14.4. The summed E-state index contributed by atoms with van der Waals surface area (Å²) in [6.45, 7) is 8.97. The second-order valence-electron chi connectivity index (χ2n) is 5.62. The van der Waals surface area contributed by atoms with E-state index in [0.29, 0.717) is 13.2 Å². The zero-order valence-corrected chi connectivity index (χ0v) is 12.3. The summed E-state index contributed by atoms with van der Waals surface area (Å²) < 4.78 is 5.27. The van der Waals surface area contributed by atoms with Crippen molar-refractivity contribution in [1.29, 1.82) is 0 Å². The minimum Gasteiger partial charge on any atom is -0.378 e. The van der Waals surface area contributed by atoms with Crippen LogP contribution in [0.3, 0.4) is 0 Å². The lowest BCUT2D eigenvalue weighted by atomic mass is 10.1. The Hall–Kier alpha value is -1.82. The van der Waals surface area contributed by atoms with Crippen molar-refractivity contribution in [1.82, 2.24) is 5.01 Å². The van der Waals surface area contributed by atoms with E-state index in [1.165, 1.54) is 0 Å². The average molecular weight is 275 g/mol. The number of ether oxygens (including phenoxy) is 1. The molecule has 1 aromatic carbocycles. The first-order valence-electron chi connectivity index (χ1n) is 6.81. The van der Waals surface area contributed by atoms with Crippen LogP contribution in [0, 0.1) is 0 Å². The van der Waals surface area contributed by atoms with Gasteiger partial charge in [-0.15, -0.1) is 5.11 Å². The van der Waals surface area contributed by atoms with E-state index in [-0.39, 0.29) is 5.54 Å². The molecule has 0 radical (unpaired) electrons. The van der Waals surface area contributed by atoms with Gasteiger partial charge in [0.05, 0.1) is 31.8 Å². The van der Waals surface area contributed by atoms with E-state index in [0.717, 1.165) is 24.5 Å². The lowest BCUT2D eigenvalue weighted by molar-refractivity contribution is 0.0354. The van der Waals surface area contributed by atoms with Crippen LogP contribution in [0.5, 0.6) is 0 Å². The lowest BCUT2D eigenvalue weighted by Crippen LogP contribution is -2.31. The second-order valence-corrected chi connectivity index (χ2v) is 5.62. The highest BCUT2D eigenvalue weighted by Gasteiger charge is 2.09. The molecule has 0 atom stereocenters. The Kier molecular flexibility index (Phi) is 4.79. The number of azo groups is 1. The quantitative estimate of drug-likeness (QED) is 0.785. The van der Waals surface area contributed by atoms with Gasteiger partial charge in [0.15, 0.2) is 0 Å². The third kappa shape index (κ3) is 4.70. The molecule has 0 aromatic heterocycles. The molecule has 0 amide bonds. The van der Waals surface area contributed by atoms with E-state index in [4.69, 9.17) is 4.74 Å². The largest absolute Gasteiger partial charge is 0.378 e. The van der Waals surface area contributed by atoms with E-state index in [1.54, 1.807) is 0 Å². The van der Waals surface area contributed by atoms with Gasteiger partial charge < -0.3 is 4.74 Å². The van der Waals surface area contributed by atoms with Gasteiger partial charge in [0.2, 0.25) is 0 Å². The van der Waals surface area contributed by atoms with Crippen molar-refractivity contribution in [2.24, 2.45) is 20.6 Å². The van der Waals surface area contributed by atoms with Crippen LogP contribution >= 0.6 is 0 Å². The molecule has 0 aliphatic carbocycles. The van der Waals surface area contributed by atoms with Gasteiger partial charge in [0, 0.05) is 0 Å². The highest BCUT2D eigenvalue weighted by molar-refractivity contribution is 5.60. The normalized spacial score (nSPS) is 17.2. The fourth-order valence-corrected chi connectivity index (χ4v) is 1.59. The molecular weight excluding hydrogens is 254 g/mol. The number of benzene rings is 1. The number of hydrogen-bond acceptors (Lipinski definition) is 5. The van der Waals surface area contributed by atoms with Crippen LogP contribution in [0.15, 0.2) is 44.8 Å². The predicted molar refractivity (Wildman–Crippen MR) is 77.6 cm³/mol. The molecule has 0 N–H and O–H groups in total. The summed E-state index contributed by atoms with van der Waals surface area (Å²) >= 11 is 0. The summed E-state index contributed by atoms with van der Waals surface area (Å²) in [6.07, 6.45) is 0. The molecule has 1 fully saturated rings. The molecule has 1 heterocycles. The van der Waals surface area contributed by atoms with E-state index < -0.39 is 0 Å². The molecule has 0 bridgehead atoms. The van der Waals surface area contributed by atoms with Crippen LogP contribution in [0.1, 0.15) is 20.8 Å². The SMILES string of the molecule is CC(C)(C)N=Nc1ccccc1N=NN1CCOCC1. The zero-order valence-electron chi connectivity index (χ0n) is 12.3. The van der Waals surface area contributed by atoms with Crippen molar-refractivity contribution < 1.29 is 4.74 Å². The number of hydrogen-bond donors (Lipinski definition) is 0. The van der Waals surface area contributed by atoms with Crippen LogP contribution in [0.2, 0.25) is 0 Å². The lowest BCUT2D eigenvalue weighted by Gasteiger charge is -2.22. The molecule has 1 aromatic rings. The summed E-state index contributed by atoms with van der Waals surface area (Å²) in [4.78, 5) is 0. The number of nitrogens with zero attached hydrogens (tertiary/aromatic N) is 5. The molecule has 1 aliphatic rings. The first kappa shape index (κ1) is 14.6. The van der Waals surface area contributed by atoms with Crippen molar-refractivity contribution >= 4 is 11.4 Å². The Morgan fingerprint density at radius 3 is 2.20 bits per heavy atom. The van der Waals surface area contributed by atoms with Gasteiger partial charge in [-0.2, -0.15) is 10.2 Å². The van der Waals surface area contributed by atoms with E-state index >= 15 is 0 Å². The van der Waals surface area contributed by atoms with Gasteiger partial charge >= 0.3 is 0 Å². The van der Waals surface area contributed by atoms with E-state index in [2.05, 4.69) is 20.6 Å². The third-order valence-corrected chi connectivity index (χ3v) is 2.61. The van der Waals surface area contributed by atoms with Crippen LogP contribution in [0.25, 0.3) is 0 Å². The fourth-order valence-electron chi connectivity index (χ4n) is 1.59. The summed E-state index contributed by atoms with van der Waals surface area (Å²) in [5.74, 6) is 0. The molecule has 1 saturated heterocycles. The Morgan fingerprint density at radius 1 is 1.00 bits per heavy atom. The van der Waals surface area contributed by atoms with Crippen molar-refractivity contribution in [3.63, 3.8) is 0 Å². The van der Waals surface area contributed by atoms with Gasteiger partial charge in [0.1, 0.15) is 11.4 Å². The minimum absolute atomic E-state index is 0.200. The molecule has 1 aliphatic heterocycles. The van der Waals surface area contributed by atoms with Crippen LogP contribution < -0.4 is 0 Å². The summed E-state index contributed by atoms with van der Waals surface area (Å²) in [5, 5.41) is 19.0. The highest BCUT2D eigenvalue weighted by Crippen LogP contribution is 2.29. The summed E-state index contributed by atoms with van der Waals surface area (Å²) in [6, 6.07) is 7.62. The maximum atomic E-state index is 5.27. The molecule has 0 unspecified atom stereocenters. The summed E-state index contributed by atoms with van der Waals surface area (Å²) in [7, 11) is 0. The Bertz CT molecular complexity index is 487. The van der Waals surface area contributed by atoms with E-state index in [1.807, 2.05) is 50.0 Å². The molecule has 0 spiro atoms. The van der Waals surface area contributed by atoms with Crippen molar-refractivity contribution in [3.8, 4) is 0 Å². The third-order valence-electron chi connectivity index (χ3n) is 2.61. The fraction of sp³-hybridized carbons (Fsp3) is 0.571. The van der Waals surface area contributed by atoms with E-state index in [9.17, 15) is 0 Å². The molecule has 6 heteroatoms. The van der Waals surface area contributed by atoms with Crippen molar-refractivity contribution in [2.75, 3.05) is 26.3 Å². The van der Waals surface area contributed by atoms with Gasteiger partial charge in [-0.3, -0.25) is 5.01 Å². The maximum Gasteiger partial charge on any atom is 0.115 e. The molecule has 6 nitrogen and oxygen atoms in total. The maximum absolute atomic E-state index is 5.27. The molecular formula is C14H21N5O. The van der Waals surface area contributed by atoms with Crippen molar-refractivity contribution in [2.45, 2.75) is 26.3 Å². The first-order chi connectivity index (χ1) is 9.54. The molecule has 108 valence electrons. The summed E-state index contributed by atoms with van der Waals surface area (Å²) in [5.41, 5.74) is 1.26. The van der Waals surface area contributed by atoms with Gasteiger partial charge in [0.25, 0.3) is 0 Å². The van der Waals surface area contributed by atoms with Crippen molar-refractivity contribution in [3.05, 3.63) is 24.3 Å². The standard InChI is InChI=1S/C14H21N5O/c1-14(2,3)17-15-12-6-4-5-7-13(12)16-18-19-8-10-20-11-9-19/h4-7H,8-11H2,1-3H3. The smallest absolute Gasteiger partial charge is 0.115 e. The Labute approximate surface area is 119 Å². The first-order valence-corrected chi connectivity index (χ1v) is 6.81. The monoisotopic (exact) mass is 275 g/mol. The minimum atomic E-state index is -0.200. The Balaban J connectivity index is 2.11. The van der Waals surface area contributed by atoms with Gasteiger partial charge in [-0.05, 0) is 32.9 Å². The Morgan fingerprint density at radius 2 is 1.60 bits per heavy atom. The van der Waals surface area contributed by atoms with Crippen LogP contribution in [-0.4, -0.2) is 36.9 Å². The topological polar surface area (TPSA) is 61.9 Å². The number of rotatable bonds is 3. The highest BCUT2D eigenvalue weighted by atomic mass is 16.5. The molecule has 20 heavy (non-hydrogen) atoms. The molecule has 2 rings (SSSR count). The average Bonchev–Trinajstić information content (AvgIpc) is 2.44. The number of morpholine rings is 1. The van der Waals surface area contributed by atoms with Crippen LogP contribution in [-0.2, 0) is 4.74 Å². The van der Waals surface area contributed by atoms with Gasteiger partial charge in [-0.25, -0.2) is 0 Å². The molecule has 0 saturated carbocycles. The van der Waals surface area contributed by atoms with Crippen LogP contribution in [0.4, 0.5) is 11.4 Å².